The van der Waals surface area contributed by atoms with Gasteiger partial charge in [-0.15, -0.1) is 0 Å². The number of hydrogen-bond donors (Lipinski definition) is 1. The predicted octanol–water partition coefficient (Wildman–Crippen LogP) is 2.73. The van der Waals surface area contributed by atoms with Crippen molar-refractivity contribution in [2.75, 3.05) is 0 Å². The lowest BCUT2D eigenvalue weighted by Crippen LogP contribution is -2.38. The smallest absolute Gasteiger partial charge is 0.251 e. The van der Waals surface area contributed by atoms with Crippen LogP contribution in [-0.4, -0.2) is 31.3 Å². The molecule has 128 valence electrons. The topological polar surface area (TPSA) is 64.7 Å². The van der Waals surface area contributed by atoms with Crippen LogP contribution in [0.25, 0.3) is 5.69 Å². The van der Waals surface area contributed by atoms with E-state index in [0.717, 1.165) is 19.3 Å². The van der Waals surface area contributed by atoms with Crippen molar-refractivity contribution >= 4 is 5.91 Å². The van der Waals surface area contributed by atoms with Crippen molar-refractivity contribution < 1.29 is 9.18 Å². The minimum Gasteiger partial charge on any atom is -0.347 e. The molecule has 2 atom stereocenters. The molecule has 25 heavy (non-hydrogen) atoms. The summed E-state index contributed by atoms with van der Waals surface area (Å²) in [5.41, 5.74) is 0.628. The summed E-state index contributed by atoms with van der Waals surface area (Å²) in [5.74, 6) is -0.739. The van der Waals surface area contributed by atoms with Crippen molar-refractivity contribution in [3.63, 3.8) is 0 Å². The van der Waals surface area contributed by atoms with E-state index in [0.29, 0.717) is 11.3 Å². The van der Waals surface area contributed by atoms with E-state index in [2.05, 4.69) is 15.4 Å². The number of nitrogens with zero attached hydrogens (tertiary/aromatic N) is 4. The van der Waals surface area contributed by atoms with Gasteiger partial charge in [-0.25, -0.2) is 14.1 Å². The molecule has 1 saturated carbocycles. The Morgan fingerprint density at radius 1 is 1.24 bits per heavy atom. The normalized spacial score (nSPS) is 19.9. The fraction of sp³-hybridized carbons (Fsp3) is 0.278. The third kappa shape index (κ3) is 3.05. The van der Waals surface area contributed by atoms with Gasteiger partial charge in [0.15, 0.2) is 0 Å². The highest BCUT2D eigenvalue weighted by Crippen LogP contribution is 2.30. The first-order valence-corrected chi connectivity index (χ1v) is 8.30. The van der Waals surface area contributed by atoms with Crippen LogP contribution in [0.15, 0.2) is 55.4 Å². The Labute approximate surface area is 144 Å². The van der Waals surface area contributed by atoms with E-state index >= 15 is 0 Å². The first-order valence-electron chi connectivity index (χ1n) is 8.30. The molecule has 0 bridgehead atoms. The first-order chi connectivity index (χ1) is 12.2. The van der Waals surface area contributed by atoms with Crippen LogP contribution in [0.5, 0.6) is 0 Å². The van der Waals surface area contributed by atoms with Gasteiger partial charge in [0.05, 0.1) is 12.4 Å². The van der Waals surface area contributed by atoms with Gasteiger partial charge < -0.3 is 9.88 Å². The first kappa shape index (κ1) is 15.6. The second-order valence-corrected chi connectivity index (χ2v) is 6.20. The zero-order valence-corrected chi connectivity index (χ0v) is 13.5. The Morgan fingerprint density at radius 2 is 2.16 bits per heavy atom. The molecular weight excluding hydrogens is 321 g/mol. The average Bonchev–Trinajstić information content (AvgIpc) is 3.36. The molecule has 1 N–H and O–H groups in total. The number of amides is 1. The summed E-state index contributed by atoms with van der Waals surface area (Å²) >= 11 is 0. The standard InChI is InChI=1S/C18H18FN5O/c19-14-11-13(5-6-16(14)24-9-2-7-21-24)18(25)22-15-3-1-4-17(15)23-10-8-20-12-23/h2,5-12,15,17H,1,3-4H2,(H,22,25)/t15-,17-/m0/s1. The second-order valence-electron chi connectivity index (χ2n) is 6.20. The summed E-state index contributed by atoms with van der Waals surface area (Å²) in [6, 6.07) is 6.38. The van der Waals surface area contributed by atoms with Crippen LogP contribution < -0.4 is 5.32 Å². The Balaban J connectivity index is 1.50. The highest BCUT2D eigenvalue weighted by atomic mass is 19.1. The number of aromatic nitrogens is 4. The van der Waals surface area contributed by atoms with Gasteiger partial charge in [0.1, 0.15) is 11.5 Å². The number of rotatable bonds is 4. The molecule has 0 radical (unpaired) electrons. The summed E-state index contributed by atoms with van der Waals surface area (Å²) < 4.78 is 17.8. The lowest BCUT2D eigenvalue weighted by Gasteiger charge is -2.22. The molecule has 4 rings (SSSR count). The molecule has 1 aliphatic carbocycles. The molecule has 3 aromatic rings. The lowest BCUT2D eigenvalue weighted by atomic mass is 10.1. The summed E-state index contributed by atoms with van der Waals surface area (Å²) in [6.45, 7) is 0. The molecule has 2 aromatic heterocycles. The maximum absolute atomic E-state index is 14.3. The van der Waals surface area contributed by atoms with Gasteiger partial charge in [0.25, 0.3) is 5.91 Å². The number of hydrogen-bond acceptors (Lipinski definition) is 3. The Bertz CT molecular complexity index is 860. The molecule has 1 aromatic carbocycles. The summed E-state index contributed by atoms with van der Waals surface area (Å²) in [7, 11) is 0. The Hall–Kier alpha value is -2.96. The second kappa shape index (κ2) is 6.51. The number of benzene rings is 1. The largest absolute Gasteiger partial charge is 0.347 e. The molecule has 7 heteroatoms. The maximum Gasteiger partial charge on any atom is 0.251 e. The molecule has 0 saturated heterocycles. The molecule has 1 fully saturated rings. The van der Waals surface area contributed by atoms with E-state index in [1.165, 1.54) is 10.7 Å². The van der Waals surface area contributed by atoms with Crippen LogP contribution in [0.2, 0.25) is 0 Å². The van der Waals surface area contributed by atoms with Gasteiger partial charge in [-0.3, -0.25) is 4.79 Å². The fourth-order valence-corrected chi connectivity index (χ4v) is 3.43. The molecule has 1 amide bonds. The van der Waals surface area contributed by atoms with E-state index in [4.69, 9.17) is 0 Å². The molecule has 6 nitrogen and oxygen atoms in total. The van der Waals surface area contributed by atoms with Crippen LogP contribution in [-0.2, 0) is 0 Å². The summed E-state index contributed by atoms with van der Waals surface area (Å²) in [4.78, 5) is 16.6. The quantitative estimate of drug-likeness (QED) is 0.795. The summed E-state index contributed by atoms with van der Waals surface area (Å²) in [5, 5.41) is 7.05. The number of carbonyl (C=O) groups is 1. The third-order valence-corrected chi connectivity index (χ3v) is 4.66. The number of halogens is 1. The third-order valence-electron chi connectivity index (χ3n) is 4.66. The minimum atomic E-state index is -0.478. The van der Waals surface area contributed by atoms with E-state index < -0.39 is 5.82 Å². The minimum absolute atomic E-state index is 0.0237. The number of carbonyl (C=O) groups excluding carboxylic acids is 1. The van der Waals surface area contributed by atoms with Crippen molar-refractivity contribution in [2.45, 2.75) is 31.3 Å². The van der Waals surface area contributed by atoms with Crippen molar-refractivity contribution in [3.05, 3.63) is 66.8 Å². The van der Waals surface area contributed by atoms with E-state index in [-0.39, 0.29) is 18.0 Å². The van der Waals surface area contributed by atoms with Crippen LogP contribution in [0.3, 0.4) is 0 Å². The van der Waals surface area contributed by atoms with Crippen molar-refractivity contribution in [3.8, 4) is 5.69 Å². The Kier molecular flexibility index (Phi) is 4.05. The van der Waals surface area contributed by atoms with E-state index in [1.807, 2.05) is 10.8 Å². The van der Waals surface area contributed by atoms with E-state index in [9.17, 15) is 9.18 Å². The van der Waals surface area contributed by atoms with Gasteiger partial charge in [0, 0.05) is 36.4 Å². The molecule has 1 aliphatic rings. The van der Waals surface area contributed by atoms with Crippen molar-refractivity contribution in [1.29, 1.82) is 0 Å². The van der Waals surface area contributed by atoms with E-state index in [1.54, 1.807) is 43.1 Å². The van der Waals surface area contributed by atoms with Crippen molar-refractivity contribution in [1.82, 2.24) is 24.6 Å². The molecule has 0 aliphatic heterocycles. The number of nitrogens with one attached hydrogen (secondary N) is 1. The zero-order chi connectivity index (χ0) is 17.2. The monoisotopic (exact) mass is 339 g/mol. The molecule has 2 heterocycles. The fourth-order valence-electron chi connectivity index (χ4n) is 3.43. The molecular formula is C18H18FN5O. The lowest BCUT2D eigenvalue weighted by molar-refractivity contribution is 0.0928. The molecule has 0 unspecified atom stereocenters. The van der Waals surface area contributed by atoms with Crippen LogP contribution in [0.4, 0.5) is 4.39 Å². The SMILES string of the molecule is O=C(N[C@H]1CCC[C@@H]1n1ccnc1)c1ccc(-n2cccn2)c(F)c1. The maximum atomic E-state index is 14.3. The van der Waals surface area contributed by atoms with Gasteiger partial charge in [-0.1, -0.05) is 0 Å². The zero-order valence-electron chi connectivity index (χ0n) is 13.5. The molecule has 0 spiro atoms. The van der Waals surface area contributed by atoms with Gasteiger partial charge in [-0.05, 0) is 43.5 Å². The van der Waals surface area contributed by atoms with Gasteiger partial charge >= 0.3 is 0 Å². The van der Waals surface area contributed by atoms with Gasteiger partial charge in [0.2, 0.25) is 0 Å². The highest BCUT2D eigenvalue weighted by molar-refractivity contribution is 5.94. The average molecular weight is 339 g/mol. The highest BCUT2D eigenvalue weighted by Gasteiger charge is 2.30. The predicted molar refractivity (Wildman–Crippen MR) is 89.9 cm³/mol. The van der Waals surface area contributed by atoms with Crippen LogP contribution in [0.1, 0.15) is 35.7 Å². The Morgan fingerprint density at radius 3 is 2.88 bits per heavy atom. The van der Waals surface area contributed by atoms with Crippen LogP contribution >= 0.6 is 0 Å². The summed E-state index contributed by atoms with van der Waals surface area (Å²) in [6.07, 6.45) is 11.6. The van der Waals surface area contributed by atoms with Gasteiger partial charge in [-0.2, -0.15) is 5.10 Å². The number of imidazole rings is 1. The van der Waals surface area contributed by atoms with Crippen molar-refractivity contribution in [2.24, 2.45) is 0 Å². The van der Waals surface area contributed by atoms with Crippen LogP contribution in [0, 0.1) is 5.82 Å².